The molecule has 1 aliphatic rings. The third kappa shape index (κ3) is 3.48. The Labute approximate surface area is 177 Å². The quantitative estimate of drug-likeness (QED) is 0.628. The molecule has 0 N–H and O–H groups in total. The first kappa shape index (κ1) is 20.2. The van der Waals surface area contributed by atoms with Crippen LogP contribution in [0.5, 0.6) is 0 Å². The number of rotatable bonds is 4. The second-order valence-electron chi connectivity index (χ2n) is 7.70. The minimum absolute atomic E-state index is 0.0186. The molecule has 0 spiro atoms. The molecular formula is C24H24N2O3S. The van der Waals surface area contributed by atoms with Gasteiger partial charge in [0.05, 0.1) is 10.6 Å². The van der Waals surface area contributed by atoms with Crippen molar-refractivity contribution in [2.24, 2.45) is 0 Å². The van der Waals surface area contributed by atoms with Gasteiger partial charge in [-0.15, -0.1) is 0 Å². The van der Waals surface area contributed by atoms with Crippen molar-refractivity contribution in [2.75, 3.05) is 16.3 Å². The van der Waals surface area contributed by atoms with Gasteiger partial charge in [0.1, 0.15) is 0 Å². The van der Waals surface area contributed by atoms with Crippen LogP contribution in [0.25, 0.3) is 0 Å². The average Bonchev–Trinajstić information content (AvgIpc) is 3.08. The highest BCUT2D eigenvalue weighted by Crippen LogP contribution is 2.33. The van der Waals surface area contributed by atoms with Crippen LogP contribution in [-0.2, 0) is 16.4 Å². The number of carbonyl (C=O) groups excluding carboxylic acids is 1. The molecule has 0 saturated carbocycles. The van der Waals surface area contributed by atoms with Gasteiger partial charge in [-0.3, -0.25) is 9.10 Å². The molecule has 0 bridgehead atoms. The van der Waals surface area contributed by atoms with Crippen molar-refractivity contribution in [3.63, 3.8) is 0 Å². The third-order valence-electron chi connectivity index (χ3n) is 5.53. The van der Waals surface area contributed by atoms with E-state index in [9.17, 15) is 13.2 Å². The lowest BCUT2D eigenvalue weighted by Crippen LogP contribution is -2.36. The Bertz CT molecular complexity index is 1220. The molecule has 1 amide bonds. The van der Waals surface area contributed by atoms with Crippen molar-refractivity contribution in [1.29, 1.82) is 0 Å². The van der Waals surface area contributed by atoms with E-state index in [1.165, 1.54) is 23.5 Å². The zero-order valence-corrected chi connectivity index (χ0v) is 18.1. The number of carbonyl (C=O) groups is 1. The summed E-state index contributed by atoms with van der Waals surface area (Å²) in [7, 11) is -2.27. The number of aryl methyl sites for hydroxylation is 1. The van der Waals surface area contributed by atoms with Gasteiger partial charge in [-0.05, 0) is 67.8 Å². The van der Waals surface area contributed by atoms with E-state index in [-0.39, 0.29) is 16.8 Å². The summed E-state index contributed by atoms with van der Waals surface area (Å²) >= 11 is 0. The second-order valence-corrected chi connectivity index (χ2v) is 9.67. The molecule has 30 heavy (non-hydrogen) atoms. The van der Waals surface area contributed by atoms with E-state index in [0.717, 1.165) is 23.2 Å². The number of para-hydroxylation sites is 1. The largest absolute Gasteiger partial charge is 0.305 e. The van der Waals surface area contributed by atoms with Crippen LogP contribution >= 0.6 is 0 Å². The smallest absolute Gasteiger partial charge is 0.264 e. The number of anilines is 2. The maximum Gasteiger partial charge on any atom is 0.264 e. The Morgan fingerprint density at radius 1 is 1.00 bits per heavy atom. The Balaban J connectivity index is 1.68. The fraction of sp³-hybridized carbons (Fsp3) is 0.208. The summed E-state index contributed by atoms with van der Waals surface area (Å²) in [6.07, 6.45) is 0.788. The lowest BCUT2D eigenvalue weighted by molar-refractivity contribution is 0.0981. The molecule has 0 aromatic heterocycles. The average molecular weight is 421 g/mol. The molecule has 3 aromatic rings. The molecule has 3 aromatic carbocycles. The normalized spacial score (nSPS) is 15.7. The van der Waals surface area contributed by atoms with Gasteiger partial charge in [0, 0.05) is 24.3 Å². The van der Waals surface area contributed by atoms with Gasteiger partial charge in [-0.25, -0.2) is 8.42 Å². The summed E-state index contributed by atoms with van der Waals surface area (Å²) in [5, 5.41) is 0. The molecule has 0 saturated heterocycles. The van der Waals surface area contributed by atoms with Crippen LogP contribution in [-0.4, -0.2) is 27.4 Å². The predicted octanol–water partition coefficient (Wildman–Crippen LogP) is 4.41. The highest BCUT2D eigenvalue weighted by Gasteiger charge is 2.32. The molecule has 154 valence electrons. The minimum atomic E-state index is -3.80. The van der Waals surface area contributed by atoms with Gasteiger partial charge in [0.25, 0.3) is 15.9 Å². The lowest BCUT2D eigenvalue weighted by atomic mass is 10.1. The van der Waals surface area contributed by atoms with Crippen molar-refractivity contribution in [3.8, 4) is 0 Å². The van der Waals surface area contributed by atoms with Crippen molar-refractivity contribution < 1.29 is 13.2 Å². The summed E-state index contributed by atoms with van der Waals surface area (Å²) in [5.41, 5.74) is 3.92. The van der Waals surface area contributed by atoms with Gasteiger partial charge >= 0.3 is 0 Å². The first-order chi connectivity index (χ1) is 14.3. The van der Waals surface area contributed by atoms with Gasteiger partial charge in [0.15, 0.2) is 0 Å². The summed E-state index contributed by atoms with van der Waals surface area (Å²) in [5.74, 6) is -0.192. The number of benzene rings is 3. The molecule has 0 radical (unpaired) electrons. The van der Waals surface area contributed by atoms with E-state index in [1.54, 1.807) is 23.1 Å². The van der Waals surface area contributed by atoms with E-state index >= 15 is 0 Å². The van der Waals surface area contributed by atoms with E-state index in [4.69, 9.17) is 0 Å². The number of nitrogens with zero attached hydrogens (tertiary/aromatic N) is 2. The Morgan fingerprint density at radius 2 is 1.73 bits per heavy atom. The second kappa shape index (κ2) is 7.61. The van der Waals surface area contributed by atoms with Crippen LogP contribution < -0.4 is 9.21 Å². The summed E-state index contributed by atoms with van der Waals surface area (Å²) in [6.45, 7) is 3.92. The molecule has 0 aliphatic carbocycles. The van der Waals surface area contributed by atoms with Crippen LogP contribution in [0.15, 0.2) is 77.7 Å². The Kier molecular flexibility index (Phi) is 5.12. The van der Waals surface area contributed by atoms with Crippen LogP contribution in [0, 0.1) is 6.92 Å². The van der Waals surface area contributed by atoms with E-state index in [0.29, 0.717) is 11.3 Å². The van der Waals surface area contributed by atoms with Crippen LogP contribution in [0.4, 0.5) is 11.4 Å². The number of sulfonamides is 1. The highest BCUT2D eigenvalue weighted by atomic mass is 32.2. The van der Waals surface area contributed by atoms with Gasteiger partial charge < -0.3 is 4.90 Å². The lowest BCUT2D eigenvalue weighted by Gasteiger charge is -2.24. The fourth-order valence-electron chi connectivity index (χ4n) is 3.92. The molecule has 4 rings (SSSR count). The standard InChI is InChI=1S/C24H24N2O3S/c1-17-8-6-11-21(14-17)25(3)30(28,29)22-12-7-10-20(16-22)24(27)26-18(2)15-19-9-4-5-13-23(19)26/h4-14,16,18H,15H2,1-3H3/t18-/m1/s1. The maximum absolute atomic E-state index is 13.3. The summed E-state index contributed by atoms with van der Waals surface area (Å²) in [4.78, 5) is 15.2. The summed E-state index contributed by atoms with van der Waals surface area (Å²) < 4.78 is 27.7. The molecule has 6 heteroatoms. The molecule has 1 atom stereocenters. The molecule has 5 nitrogen and oxygen atoms in total. The Hall–Kier alpha value is -3.12. The van der Waals surface area contributed by atoms with Crippen molar-refractivity contribution >= 4 is 27.3 Å². The van der Waals surface area contributed by atoms with Crippen LogP contribution in [0.1, 0.15) is 28.4 Å². The molecule has 1 aliphatic heterocycles. The number of hydrogen-bond acceptors (Lipinski definition) is 3. The summed E-state index contributed by atoms with van der Waals surface area (Å²) in [6, 6.07) is 21.4. The van der Waals surface area contributed by atoms with Crippen molar-refractivity contribution in [3.05, 3.63) is 89.5 Å². The van der Waals surface area contributed by atoms with E-state index in [1.807, 2.05) is 56.3 Å². The fourth-order valence-corrected chi connectivity index (χ4v) is 5.16. The number of amides is 1. The zero-order valence-electron chi connectivity index (χ0n) is 17.2. The van der Waals surface area contributed by atoms with Gasteiger partial charge in [-0.2, -0.15) is 0 Å². The van der Waals surface area contributed by atoms with E-state index < -0.39 is 10.0 Å². The third-order valence-corrected chi connectivity index (χ3v) is 7.31. The topological polar surface area (TPSA) is 57.7 Å². The number of hydrogen-bond donors (Lipinski definition) is 0. The Morgan fingerprint density at radius 3 is 2.50 bits per heavy atom. The first-order valence-corrected chi connectivity index (χ1v) is 11.3. The number of fused-ring (bicyclic) bond motifs is 1. The van der Waals surface area contributed by atoms with Crippen molar-refractivity contribution in [1.82, 2.24) is 0 Å². The monoisotopic (exact) mass is 420 g/mol. The molecule has 1 heterocycles. The van der Waals surface area contributed by atoms with Gasteiger partial charge in [0.2, 0.25) is 0 Å². The maximum atomic E-state index is 13.3. The molecule has 0 unspecified atom stereocenters. The van der Waals surface area contributed by atoms with Crippen LogP contribution in [0.2, 0.25) is 0 Å². The first-order valence-electron chi connectivity index (χ1n) is 9.86. The predicted molar refractivity (Wildman–Crippen MR) is 120 cm³/mol. The zero-order chi connectivity index (χ0) is 21.5. The van der Waals surface area contributed by atoms with Gasteiger partial charge in [-0.1, -0.05) is 36.4 Å². The highest BCUT2D eigenvalue weighted by molar-refractivity contribution is 7.92. The van der Waals surface area contributed by atoms with E-state index in [2.05, 4.69) is 0 Å². The van der Waals surface area contributed by atoms with Crippen LogP contribution in [0.3, 0.4) is 0 Å². The molecule has 0 fully saturated rings. The molecular weight excluding hydrogens is 396 g/mol. The SMILES string of the molecule is Cc1cccc(N(C)S(=O)(=O)c2cccc(C(=O)N3c4ccccc4C[C@H]3C)c2)c1. The minimum Gasteiger partial charge on any atom is -0.305 e. The van der Waals surface area contributed by atoms with Crippen molar-refractivity contribution in [2.45, 2.75) is 31.2 Å².